The summed E-state index contributed by atoms with van der Waals surface area (Å²) < 4.78 is 27.4. The van der Waals surface area contributed by atoms with E-state index in [1.54, 1.807) is 12.3 Å². The van der Waals surface area contributed by atoms with Gasteiger partial charge in [-0.2, -0.15) is 0 Å². The molecule has 132 valence electrons. The number of para-hydroxylation sites is 1. The van der Waals surface area contributed by atoms with Crippen molar-refractivity contribution in [2.75, 3.05) is 0 Å². The number of nitrogens with zero attached hydrogens (tertiary/aromatic N) is 2. The van der Waals surface area contributed by atoms with Gasteiger partial charge in [-0.1, -0.05) is 30.3 Å². The molecule has 0 amide bonds. The van der Waals surface area contributed by atoms with Gasteiger partial charge in [0.05, 0.1) is 22.7 Å². The standard InChI is InChI=1S/C19H16FN2O3P/c20-16-10-13(7-8-14(16)12-26(23,24)25)11-22-17-5-2-1-4-15(17)19-18(22)6-3-9-21-19/h1-10H,11-12H2,(H2,23,24,25). The third-order valence-electron chi connectivity index (χ3n) is 4.36. The van der Waals surface area contributed by atoms with E-state index in [0.717, 1.165) is 21.9 Å². The van der Waals surface area contributed by atoms with Gasteiger partial charge in [0, 0.05) is 18.1 Å². The Bertz CT molecular complexity index is 1110. The number of pyridine rings is 1. The third kappa shape index (κ3) is 3.15. The molecule has 0 saturated carbocycles. The van der Waals surface area contributed by atoms with Crippen LogP contribution in [0.2, 0.25) is 0 Å². The van der Waals surface area contributed by atoms with Crippen molar-refractivity contribution in [3.05, 3.63) is 77.7 Å². The van der Waals surface area contributed by atoms with E-state index in [-0.39, 0.29) is 5.56 Å². The summed E-state index contributed by atoms with van der Waals surface area (Å²) in [4.78, 5) is 22.5. The zero-order valence-electron chi connectivity index (χ0n) is 13.7. The van der Waals surface area contributed by atoms with Crippen LogP contribution in [0.1, 0.15) is 11.1 Å². The molecule has 0 atom stereocenters. The fourth-order valence-corrected chi connectivity index (χ4v) is 3.95. The molecule has 0 fully saturated rings. The highest BCUT2D eigenvalue weighted by molar-refractivity contribution is 7.50. The van der Waals surface area contributed by atoms with Crippen LogP contribution in [0.4, 0.5) is 4.39 Å². The first-order chi connectivity index (χ1) is 12.4. The average molecular weight is 370 g/mol. The van der Waals surface area contributed by atoms with E-state index < -0.39 is 19.6 Å². The second kappa shape index (κ2) is 6.32. The molecule has 2 aromatic carbocycles. The summed E-state index contributed by atoms with van der Waals surface area (Å²) in [5, 5.41) is 1.03. The van der Waals surface area contributed by atoms with Gasteiger partial charge in [-0.3, -0.25) is 9.55 Å². The van der Waals surface area contributed by atoms with E-state index in [9.17, 15) is 8.96 Å². The first-order valence-corrected chi connectivity index (χ1v) is 9.86. The van der Waals surface area contributed by atoms with E-state index in [1.807, 2.05) is 36.4 Å². The Morgan fingerprint density at radius 1 is 1.04 bits per heavy atom. The molecule has 0 aliphatic heterocycles. The molecule has 7 heteroatoms. The van der Waals surface area contributed by atoms with Gasteiger partial charge in [-0.25, -0.2) is 4.39 Å². The lowest BCUT2D eigenvalue weighted by molar-refractivity contribution is 0.370. The highest BCUT2D eigenvalue weighted by Crippen LogP contribution is 2.39. The zero-order valence-corrected chi connectivity index (χ0v) is 14.6. The van der Waals surface area contributed by atoms with Crippen LogP contribution in [0, 0.1) is 5.82 Å². The van der Waals surface area contributed by atoms with Crippen LogP contribution in [0.5, 0.6) is 0 Å². The van der Waals surface area contributed by atoms with Crippen LogP contribution < -0.4 is 0 Å². The van der Waals surface area contributed by atoms with Gasteiger partial charge < -0.3 is 14.4 Å². The molecule has 2 heterocycles. The van der Waals surface area contributed by atoms with Crippen molar-refractivity contribution in [3.8, 4) is 0 Å². The van der Waals surface area contributed by atoms with Gasteiger partial charge in [0.2, 0.25) is 0 Å². The highest BCUT2D eigenvalue weighted by atomic mass is 31.2. The summed E-state index contributed by atoms with van der Waals surface area (Å²) in [7, 11) is -4.30. The summed E-state index contributed by atoms with van der Waals surface area (Å²) in [6.45, 7) is 0.433. The van der Waals surface area contributed by atoms with E-state index in [4.69, 9.17) is 9.79 Å². The predicted octanol–water partition coefficient (Wildman–Crippen LogP) is 4.05. The minimum absolute atomic E-state index is 0.0194. The SMILES string of the molecule is O=P(O)(O)Cc1ccc(Cn2c3ccccc3c3ncccc32)cc1F. The monoisotopic (exact) mass is 370 g/mol. The fraction of sp³-hybridized carbons (Fsp3) is 0.105. The van der Waals surface area contributed by atoms with Crippen molar-refractivity contribution >= 4 is 29.5 Å². The lowest BCUT2D eigenvalue weighted by Crippen LogP contribution is -2.01. The molecule has 0 unspecified atom stereocenters. The molecule has 26 heavy (non-hydrogen) atoms. The Balaban J connectivity index is 1.78. The van der Waals surface area contributed by atoms with Crippen molar-refractivity contribution in [1.82, 2.24) is 9.55 Å². The minimum atomic E-state index is -4.30. The fourth-order valence-electron chi connectivity index (χ4n) is 3.25. The molecule has 4 aromatic rings. The molecular weight excluding hydrogens is 354 g/mol. The molecule has 0 saturated heterocycles. The second-order valence-corrected chi connectivity index (χ2v) is 7.87. The normalized spacial score (nSPS) is 12.1. The smallest absolute Gasteiger partial charge is 0.330 e. The molecule has 0 aliphatic rings. The number of rotatable bonds is 4. The molecule has 2 N–H and O–H groups in total. The van der Waals surface area contributed by atoms with Crippen molar-refractivity contribution in [3.63, 3.8) is 0 Å². The van der Waals surface area contributed by atoms with Crippen molar-refractivity contribution in [1.29, 1.82) is 0 Å². The van der Waals surface area contributed by atoms with E-state index in [0.29, 0.717) is 12.1 Å². The maximum absolute atomic E-state index is 14.3. The highest BCUT2D eigenvalue weighted by Gasteiger charge is 2.18. The molecule has 0 spiro atoms. The van der Waals surface area contributed by atoms with Crippen LogP contribution >= 0.6 is 7.60 Å². The van der Waals surface area contributed by atoms with Gasteiger partial charge in [0.15, 0.2) is 0 Å². The lowest BCUT2D eigenvalue weighted by Gasteiger charge is -2.10. The Labute approximate surface area is 148 Å². The third-order valence-corrected chi connectivity index (χ3v) is 5.11. The summed E-state index contributed by atoms with van der Waals surface area (Å²) >= 11 is 0. The molecular formula is C19H16FN2O3P. The van der Waals surface area contributed by atoms with E-state index >= 15 is 0 Å². The number of halogens is 1. The van der Waals surface area contributed by atoms with Crippen LogP contribution in [-0.4, -0.2) is 19.3 Å². The number of hydrogen-bond acceptors (Lipinski definition) is 2. The first kappa shape index (κ1) is 16.9. The Kier molecular flexibility index (Phi) is 4.11. The number of fused-ring (bicyclic) bond motifs is 3. The molecule has 4 rings (SSSR count). The summed E-state index contributed by atoms with van der Waals surface area (Å²) in [5.74, 6) is -0.607. The first-order valence-electron chi connectivity index (χ1n) is 8.06. The topological polar surface area (TPSA) is 75.3 Å². The average Bonchev–Trinajstić information content (AvgIpc) is 2.91. The number of benzene rings is 2. The Hall–Kier alpha value is -2.53. The van der Waals surface area contributed by atoms with Crippen molar-refractivity contribution in [2.24, 2.45) is 0 Å². The van der Waals surface area contributed by atoms with Gasteiger partial charge in [0.25, 0.3) is 0 Å². The van der Waals surface area contributed by atoms with Crippen LogP contribution in [0.15, 0.2) is 60.8 Å². The van der Waals surface area contributed by atoms with E-state index in [1.165, 1.54) is 12.1 Å². The Morgan fingerprint density at radius 3 is 2.58 bits per heavy atom. The van der Waals surface area contributed by atoms with Gasteiger partial charge >= 0.3 is 7.60 Å². The summed E-state index contributed by atoms with van der Waals surface area (Å²) in [6.07, 6.45) is 1.15. The van der Waals surface area contributed by atoms with Crippen LogP contribution in [0.3, 0.4) is 0 Å². The lowest BCUT2D eigenvalue weighted by atomic mass is 10.1. The molecule has 0 aliphatic carbocycles. The number of aromatic nitrogens is 2. The molecule has 0 radical (unpaired) electrons. The maximum Gasteiger partial charge on any atom is 0.330 e. The van der Waals surface area contributed by atoms with Gasteiger partial charge in [0.1, 0.15) is 5.82 Å². The van der Waals surface area contributed by atoms with Crippen molar-refractivity contribution < 1.29 is 18.7 Å². The number of hydrogen-bond donors (Lipinski definition) is 2. The van der Waals surface area contributed by atoms with Crippen LogP contribution in [0.25, 0.3) is 21.9 Å². The second-order valence-electron chi connectivity index (χ2n) is 6.22. The minimum Gasteiger partial charge on any atom is -0.335 e. The quantitative estimate of drug-likeness (QED) is 0.532. The van der Waals surface area contributed by atoms with Gasteiger partial charge in [-0.05, 0) is 35.4 Å². The van der Waals surface area contributed by atoms with Gasteiger partial charge in [-0.15, -0.1) is 0 Å². The largest absolute Gasteiger partial charge is 0.335 e. The van der Waals surface area contributed by atoms with E-state index in [2.05, 4.69) is 9.55 Å². The summed E-state index contributed by atoms with van der Waals surface area (Å²) in [5.41, 5.74) is 3.57. The van der Waals surface area contributed by atoms with Crippen LogP contribution in [-0.2, 0) is 17.3 Å². The predicted molar refractivity (Wildman–Crippen MR) is 98.5 cm³/mol. The maximum atomic E-state index is 14.3. The molecule has 2 aromatic heterocycles. The molecule has 5 nitrogen and oxygen atoms in total. The Morgan fingerprint density at radius 2 is 1.81 bits per heavy atom. The zero-order chi connectivity index (χ0) is 18.3. The molecule has 0 bridgehead atoms. The summed E-state index contributed by atoms with van der Waals surface area (Å²) in [6, 6.07) is 16.2. The van der Waals surface area contributed by atoms with Crippen molar-refractivity contribution in [2.45, 2.75) is 12.7 Å².